The molecular formula is C20H26F3IN4OS. The number of thiophene rings is 1. The molecule has 0 unspecified atom stereocenters. The maximum atomic E-state index is 12.7. The summed E-state index contributed by atoms with van der Waals surface area (Å²) in [6.07, 6.45) is -2.35. The van der Waals surface area contributed by atoms with Crippen LogP contribution in [-0.2, 0) is 6.18 Å². The summed E-state index contributed by atoms with van der Waals surface area (Å²) in [5, 5.41) is 9.95. The van der Waals surface area contributed by atoms with E-state index < -0.39 is 11.7 Å². The number of ether oxygens (including phenoxy) is 1. The second-order valence-electron chi connectivity index (χ2n) is 6.73. The highest BCUT2D eigenvalue weighted by molar-refractivity contribution is 14.0. The minimum atomic E-state index is -4.37. The molecule has 0 bridgehead atoms. The molecule has 30 heavy (non-hydrogen) atoms. The SMILES string of the molecule is CN=C(NCCOc1cccc(C(F)(F)F)c1)NC1CCN(c2cccs2)CC1.I. The van der Waals surface area contributed by atoms with Crippen molar-refractivity contribution in [1.29, 1.82) is 0 Å². The molecule has 0 amide bonds. The Balaban J connectivity index is 0.00000320. The molecule has 1 aromatic heterocycles. The van der Waals surface area contributed by atoms with Crippen molar-refractivity contribution >= 4 is 46.3 Å². The van der Waals surface area contributed by atoms with Gasteiger partial charge in [-0.2, -0.15) is 13.2 Å². The van der Waals surface area contributed by atoms with E-state index in [0.29, 0.717) is 18.5 Å². The molecule has 166 valence electrons. The quantitative estimate of drug-likeness (QED) is 0.237. The van der Waals surface area contributed by atoms with Crippen LogP contribution in [0, 0.1) is 0 Å². The fourth-order valence-electron chi connectivity index (χ4n) is 3.18. The van der Waals surface area contributed by atoms with E-state index in [2.05, 4.69) is 38.0 Å². The summed E-state index contributed by atoms with van der Waals surface area (Å²) >= 11 is 1.76. The molecule has 1 aliphatic heterocycles. The lowest BCUT2D eigenvalue weighted by Gasteiger charge is -2.33. The normalized spacial score (nSPS) is 15.5. The van der Waals surface area contributed by atoms with Crippen molar-refractivity contribution in [1.82, 2.24) is 10.6 Å². The van der Waals surface area contributed by atoms with Crippen LogP contribution < -0.4 is 20.3 Å². The molecule has 2 aromatic rings. The Morgan fingerprint density at radius 1 is 1.23 bits per heavy atom. The molecule has 1 saturated heterocycles. The maximum absolute atomic E-state index is 12.7. The van der Waals surface area contributed by atoms with E-state index in [-0.39, 0.29) is 36.3 Å². The second kappa shape index (κ2) is 11.6. The zero-order valence-corrected chi connectivity index (χ0v) is 19.8. The van der Waals surface area contributed by atoms with Gasteiger partial charge >= 0.3 is 6.18 Å². The Kier molecular flexibility index (Phi) is 9.53. The summed E-state index contributed by atoms with van der Waals surface area (Å²) in [4.78, 5) is 6.61. The van der Waals surface area contributed by atoms with Gasteiger partial charge in [-0.25, -0.2) is 0 Å². The lowest BCUT2D eigenvalue weighted by molar-refractivity contribution is -0.137. The van der Waals surface area contributed by atoms with Crippen molar-refractivity contribution in [3.63, 3.8) is 0 Å². The fourth-order valence-corrected chi connectivity index (χ4v) is 3.97. The van der Waals surface area contributed by atoms with E-state index in [1.165, 1.54) is 17.1 Å². The van der Waals surface area contributed by atoms with Crippen molar-refractivity contribution in [2.45, 2.75) is 25.1 Å². The van der Waals surface area contributed by atoms with E-state index in [0.717, 1.165) is 38.1 Å². The van der Waals surface area contributed by atoms with Crippen molar-refractivity contribution < 1.29 is 17.9 Å². The first-order valence-electron chi connectivity index (χ1n) is 9.51. The van der Waals surface area contributed by atoms with Gasteiger partial charge in [0.15, 0.2) is 5.96 Å². The highest BCUT2D eigenvalue weighted by Crippen LogP contribution is 2.31. The molecular weight excluding hydrogens is 528 g/mol. The zero-order chi connectivity index (χ0) is 20.7. The molecule has 2 N–H and O–H groups in total. The van der Waals surface area contributed by atoms with Gasteiger partial charge in [0.2, 0.25) is 0 Å². The molecule has 5 nitrogen and oxygen atoms in total. The van der Waals surface area contributed by atoms with Gasteiger partial charge in [-0.3, -0.25) is 4.99 Å². The van der Waals surface area contributed by atoms with Crippen LogP contribution in [0.5, 0.6) is 5.75 Å². The first kappa shape index (κ1) is 24.6. The van der Waals surface area contributed by atoms with E-state index in [9.17, 15) is 13.2 Å². The number of rotatable bonds is 6. The Morgan fingerprint density at radius 3 is 2.63 bits per heavy atom. The number of alkyl halides is 3. The van der Waals surface area contributed by atoms with E-state index in [1.54, 1.807) is 18.4 Å². The third kappa shape index (κ3) is 7.22. The lowest BCUT2D eigenvalue weighted by atomic mass is 10.1. The Hall–Kier alpha value is -1.69. The summed E-state index contributed by atoms with van der Waals surface area (Å²) in [6.45, 7) is 2.66. The van der Waals surface area contributed by atoms with Crippen LogP contribution in [0.3, 0.4) is 0 Å². The fraction of sp³-hybridized carbons (Fsp3) is 0.450. The minimum absolute atomic E-state index is 0. The predicted molar refractivity (Wildman–Crippen MR) is 126 cm³/mol. The molecule has 3 rings (SSSR count). The molecule has 0 aliphatic carbocycles. The number of hydrogen-bond acceptors (Lipinski definition) is 4. The van der Waals surface area contributed by atoms with Gasteiger partial charge in [-0.1, -0.05) is 6.07 Å². The standard InChI is InChI=1S/C20H25F3N4OS.HI/c1-24-19(26-16-7-10-27(11-8-16)18-6-3-13-29-18)25-9-12-28-17-5-2-4-15(14-17)20(21,22)23;/h2-6,13-14,16H,7-12H2,1H3,(H2,24,25,26);1H. The van der Waals surface area contributed by atoms with Gasteiger partial charge in [-0.15, -0.1) is 35.3 Å². The number of benzene rings is 1. The molecule has 1 aliphatic rings. The van der Waals surface area contributed by atoms with Crippen molar-refractivity contribution in [3.05, 3.63) is 47.3 Å². The first-order valence-corrected chi connectivity index (χ1v) is 10.4. The Labute approximate surface area is 195 Å². The average Bonchev–Trinajstić information content (AvgIpc) is 3.25. The van der Waals surface area contributed by atoms with Crippen LogP contribution in [0.2, 0.25) is 0 Å². The number of aliphatic imine (C=N–C) groups is 1. The van der Waals surface area contributed by atoms with Gasteiger partial charge in [-0.05, 0) is 48.6 Å². The summed E-state index contributed by atoms with van der Waals surface area (Å²) in [7, 11) is 1.70. The van der Waals surface area contributed by atoms with Gasteiger partial charge in [0.05, 0.1) is 17.1 Å². The Bertz CT molecular complexity index is 794. The number of guanidine groups is 1. The topological polar surface area (TPSA) is 48.9 Å². The predicted octanol–water partition coefficient (Wildman–Crippen LogP) is 4.60. The zero-order valence-electron chi connectivity index (χ0n) is 16.6. The third-order valence-corrected chi connectivity index (χ3v) is 5.63. The molecule has 1 aromatic carbocycles. The van der Waals surface area contributed by atoms with Crippen LogP contribution >= 0.6 is 35.3 Å². The first-order chi connectivity index (χ1) is 14.0. The van der Waals surface area contributed by atoms with E-state index >= 15 is 0 Å². The molecule has 10 heteroatoms. The summed E-state index contributed by atoms with van der Waals surface area (Å²) in [5.41, 5.74) is -0.714. The smallest absolute Gasteiger partial charge is 0.416 e. The summed E-state index contributed by atoms with van der Waals surface area (Å²) in [5.74, 6) is 0.873. The third-order valence-electron chi connectivity index (χ3n) is 4.70. The maximum Gasteiger partial charge on any atom is 0.416 e. The van der Waals surface area contributed by atoms with Crippen molar-refractivity contribution in [3.8, 4) is 5.75 Å². The highest BCUT2D eigenvalue weighted by atomic mass is 127. The summed E-state index contributed by atoms with van der Waals surface area (Å²) < 4.78 is 43.7. The van der Waals surface area contributed by atoms with Crippen LogP contribution in [0.1, 0.15) is 18.4 Å². The Morgan fingerprint density at radius 2 is 2.00 bits per heavy atom. The molecule has 0 atom stereocenters. The average molecular weight is 554 g/mol. The molecule has 1 fully saturated rings. The number of piperidine rings is 1. The van der Waals surface area contributed by atoms with Gasteiger partial charge in [0.25, 0.3) is 0 Å². The van der Waals surface area contributed by atoms with Gasteiger partial charge < -0.3 is 20.3 Å². The summed E-state index contributed by atoms with van der Waals surface area (Å²) in [6, 6.07) is 9.44. The van der Waals surface area contributed by atoms with Crippen LogP contribution in [0.25, 0.3) is 0 Å². The molecule has 0 saturated carbocycles. The van der Waals surface area contributed by atoms with E-state index in [1.807, 2.05) is 0 Å². The highest BCUT2D eigenvalue weighted by Gasteiger charge is 2.30. The van der Waals surface area contributed by atoms with Crippen molar-refractivity contribution in [2.75, 3.05) is 38.2 Å². The second-order valence-corrected chi connectivity index (χ2v) is 7.66. The molecule has 2 heterocycles. The number of halogens is 4. The van der Waals surface area contributed by atoms with Crippen LogP contribution in [0.4, 0.5) is 18.2 Å². The van der Waals surface area contributed by atoms with Gasteiger partial charge in [0.1, 0.15) is 12.4 Å². The number of anilines is 1. The largest absolute Gasteiger partial charge is 0.492 e. The minimum Gasteiger partial charge on any atom is -0.492 e. The lowest BCUT2D eigenvalue weighted by Crippen LogP contribution is -2.49. The number of hydrogen-bond donors (Lipinski definition) is 2. The van der Waals surface area contributed by atoms with Gasteiger partial charge in [0, 0.05) is 26.2 Å². The number of nitrogens with one attached hydrogen (secondary N) is 2. The number of nitrogens with zero attached hydrogens (tertiary/aromatic N) is 2. The molecule has 0 spiro atoms. The van der Waals surface area contributed by atoms with Crippen LogP contribution in [-0.4, -0.2) is 45.3 Å². The van der Waals surface area contributed by atoms with Crippen molar-refractivity contribution in [2.24, 2.45) is 4.99 Å². The van der Waals surface area contributed by atoms with E-state index in [4.69, 9.17) is 4.74 Å². The molecule has 0 radical (unpaired) electrons. The monoisotopic (exact) mass is 554 g/mol. The van der Waals surface area contributed by atoms with Crippen LogP contribution in [0.15, 0.2) is 46.8 Å².